The number of nitrogens with zero attached hydrogens (tertiary/aromatic N) is 1. The number of nitrogens with one attached hydrogen (secondary N) is 1. The highest BCUT2D eigenvalue weighted by Gasteiger charge is 2.27. The van der Waals surface area contributed by atoms with Gasteiger partial charge in [0.25, 0.3) is 5.91 Å². The van der Waals surface area contributed by atoms with Gasteiger partial charge in [-0.15, -0.1) is 0 Å². The van der Waals surface area contributed by atoms with Gasteiger partial charge in [-0.2, -0.15) is 4.31 Å². The number of sulfonamides is 1. The number of anilines is 1. The number of hydrogen-bond acceptors (Lipinski definition) is 5. The van der Waals surface area contributed by atoms with Crippen LogP contribution in [0, 0.1) is 12.7 Å². The first-order valence-corrected chi connectivity index (χ1v) is 12.0. The molecule has 0 saturated carbocycles. The van der Waals surface area contributed by atoms with Crippen LogP contribution in [-0.4, -0.2) is 44.3 Å². The highest BCUT2D eigenvalue weighted by atomic mass is 32.2. The molecule has 2 aromatic rings. The molecule has 0 aliphatic carbocycles. The second kappa shape index (κ2) is 10.7. The maximum Gasteiger partial charge on any atom is 0.310 e. The Bertz CT molecular complexity index is 1060. The van der Waals surface area contributed by atoms with Crippen LogP contribution in [0.1, 0.15) is 36.8 Å². The zero-order valence-electron chi connectivity index (χ0n) is 18.0. The molecule has 1 fully saturated rings. The van der Waals surface area contributed by atoms with Gasteiger partial charge in [0, 0.05) is 18.8 Å². The summed E-state index contributed by atoms with van der Waals surface area (Å²) < 4.78 is 45.7. The fourth-order valence-electron chi connectivity index (χ4n) is 3.54. The lowest BCUT2D eigenvalue weighted by Crippen LogP contribution is -2.32. The molecule has 1 N–H and O–H groups in total. The van der Waals surface area contributed by atoms with Gasteiger partial charge in [-0.25, -0.2) is 12.8 Å². The van der Waals surface area contributed by atoms with E-state index in [2.05, 4.69) is 5.32 Å². The first-order chi connectivity index (χ1) is 15.3. The molecule has 1 aliphatic rings. The number of amides is 1. The van der Waals surface area contributed by atoms with Crippen LogP contribution < -0.4 is 5.32 Å². The van der Waals surface area contributed by atoms with Gasteiger partial charge >= 0.3 is 5.97 Å². The highest BCUT2D eigenvalue weighted by molar-refractivity contribution is 7.89. The van der Waals surface area contributed by atoms with Crippen LogP contribution in [0.2, 0.25) is 0 Å². The maximum atomic E-state index is 13.1. The Hall–Kier alpha value is -2.78. The van der Waals surface area contributed by atoms with Crippen LogP contribution >= 0.6 is 0 Å². The summed E-state index contributed by atoms with van der Waals surface area (Å²) in [6, 6.07) is 10.1. The van der Waals surface area contributed by atoms with Gasteiger partial charge < -0.3 is 10.1 Å². The molecule has 0 bridgehead atoms. The maximum absolute atomic E-state index is 13.1. The second-order valence-electron chi connectivity index (χ2n) is 7.81. The van der Waals surface area contributed by atoms with Crippen LogP contribution in [0.25, 0.3) is 0 Å². The number of halogens is 1. The van der Waals surface area contributed by atoms with Crippen LogP contribution in [0.3, 0.4) is 0 Å². The van der Waals surface area contributed by atoms with Crippen molar-refractivity contribution in [3.8, 4) is 0 Å². The SMILES string of the molecule is Cc1ccc(NC(=O)COC(=O)Cc2ccc(F)cc2)cc1S(=O)(=O)N1CCCCCC1. The predicted octanol–water partition coefficient (Wildman–Crippen LogP) is 3.42. The smallest absolute Gasteiger partial charge is 0.310 e. The lowest BCUT2D eigenvalue weighted by molar-refractivity contribution is -0.146. The topological polar surface area (TPSA) is 92.8 Å². The number of carbonyl (C=O) groups is 2. The summed E-state index contributed by atoms with van der Waals surface area (Å²) in [5, 5.41) is 2.57. The standard InChI is InChI=1S/C23H27FN2O5S/c1-17-6-11-20(15-21(17)32(29,30)26-12-4-2-3-5-13-26)25-22(27)16-31-23(28)14-18-7-9-19(24)10-8-18/h6-11,15H,2-5,12-14,16H2,1H3,(H,25,27). The first-order valence-electron chi connectivity index (χ1n) is 10.6. The number of benzene rings is 2. The molecule has 7 nitrogen and oxygen atoms in total. The number of ether oxygens (including phenoxy) is 1. The van der Waals surface area contributed by atoms with Gasteiger partial charge in [-0.3, -0.25) is 9.59 Å². The lowest BCUT2D eigenvalue weighted by Gasteiger charge is -2.21. The number of aryl methyl sites for hydroxylation is 1. The molecule has 1 saturated heterocycles. The Morgan fingerprint density at radius 2 is 1.69 bits per heavy atom. The Morgan fingerprint density at radius 1 is 1.03 bits per heavy atom. The third-order valence-electron chi connectivity index (χ3n) is 5.28. The van der Waals surface area contributed by atoms with Crippen molar-refractivity contribution >= 4 is 27.6 Å². The van der Waals surface area contributed by atoms with Gasteiger partial charge in [-0.1, -0.05) is 31.0 Å². The molecule has 2 aromatic carbocycles. The quantitative estimate of drug-likeness (QED) is 0.637. The molecule has 3 rings (SSSR count). The first kappa shape index (κ1) is 23.9. The molecule has 1 amide bonds. The molecule has 0 atom stereocenters. The van der Waals surface area contributed by atoms with Crippen molar-refractivity contribution in [2.45, 2.75) is 43.9 Å². The van der Waals surface area contributed by atoms with E-state index in [1.54, 1.807) is 19.1 Å². The summed E-state index contributed by atoms with van der Waals surface area (Å²) in [6.07, 6.45) is 3.61. The number of carbonyl (C=O) groups excluding carboxylic acids is 2. The zero-order valence-corrected chi connectivity index (χ0v) is 18.8. The second-order valence-corrected chi connectivity index (χ2v) is 9.72. The molecule has 32 heavy (non-hydrogen) atoms. The van der Waals surface area contributed by atoms with Crippen molar-refractivity contribution in [3.05, 3.63) is 59.4 Å². The predicted molar refractivity (Wildman–Crippen MR) is 118 cm³/mol. The van der Waals surface area contributed by atoms with Crippen molar-refractivity contribution in [3.63, 3.8) is 0 Å². The lowest BCUT2D eigenvalue weighted by atomic mass is 10.1. The van der Waals surface area contributed by atoms with Crippen molar-refractivity contribution in [2.75, 3.05) is 25.0 Å². The molecule has 0 unspecified atom stereocenters. The minimum absolute atomic E-state index is 0.0870. The Kier molecular flexibility index (Phi) is 7.98. The summed E-state index contributed by atoms with van der Waals surface area (Å²) in [5.74, 6) is -1.61. The largest absolute Gasteiger partial charge is 0.455 e. The summed E-state index contributed by atoms with van der Waals surface area (Å²) in [7, 11) is -3.67. The van der Waals surface area contributed by atoms with Crippen LogP contribution in [0.5, 0.6) is 0 Å². The van der Waals surface area contributed by atoms with Crippen molar-refractivity contribution < 1.29 is 27.1 Å². The molecule has 1 aliphatic heterocycles. The molecule has 0 radical (unpaired) electrons. The fourth-order valence-corrected chi connectivity index (χ4v) is 5.31. The van der Waals surface area contributed by atoms with E-state index in [1.165, 1.54) is 34.6 Å². The minimum atomic E-state index is -3.67. The summed E-state index contributed by atoms with van der Waals surface area (Å²) >= 11 is 0. The van der Waals surface area contributed by atoms with Crippen LogP contribution in [0.15, 0.2) is 47.4 Å². The summed E-state index contributed by atoms with van der Waals surface area (Å²) in [4.78, 5) is 24.3. The highest BCUT2D eigenvalue weighted by Crippen LogP contribution is 2.25. The van der Waals surface area contributed by atoms with E-state index in [9.17, 15) is 22.4 Å². The number of hydrogen-bond donors (Lipinski definition) is 1. The van der Waals surface area contributed by atoms with Crippen LogP contribution in [-0.2, 0) is 30.8 Å². The van der Waals surface area contributed by atoms with Gasteiger partial charge in [0.15, 0.2) is 6.61 Å². The third kappa shape index (κ3) is 6.37. The van der Waals surface area contributed by atoms with E-state index in [0.717, 1.165) is 25.7 Å². The molecule has 9 heteroatoms. The zero-order chi connectivity index (χ0) is 23.1. The van der Waals surface area contributed by atoms with Gasteiger partial charge in [0.1, 0.15) is 5.82 Å². The molecule has 1 heterocycles. The molecular formula is C23H27FN2O5S. The van der Waals surface area contributed by atoms with Gasteiger partial charge in [0.2, 0.25) is 10.0 Å². The molecule has 0 aromatic heterocycles. The monoisotopic (exact) mass is 462 g/mol. The average molecular weight is 463 g/mol. The Balaban J connectivity index is 1.60. The van der Waals surface area contributed by atoms with Crippen LogP contribution in [0.4, 0.5) is 10.1 Å². The van der Waals surface area contributed by atoms with E-state index in [1.807, 2.05) is 0 Å². The average Bonchev–Trinajstić information content (AvgIpc) is 3.05. The van der Waals surface area contributed by atoms with E-state index in [-0.39, 0.29) is 11.3 Å². The van der Waals surface area contributed by atoms with Crippen molar-refractivity contribution in [2.24, 2.45) is 0 Å². The summed E-state index contributed by atoms with van der Waals surface area (Å²) in [6.45, 7) is 2.18. The normalized spacial score (nSPS) is 15.1. The third-order valence-corrected chi connectivity index (χ3v) is 7.32. The van der Waals surface area contributed by atoms with Gasteiger partial charge in [0.05, 0.1) is 11.3 Å². The molecule has 172 valence electrons. The van der Waals surface area contributed by atoms with E-state index in [0.29, 0.717) is 29.9 Å². The Labute approximate surface area is 187 Å². The Morgan fingerprint density at radius 3 is 2.34 bits per heavy atom. The van der Waals surface area contributed by atoms with E-state index in [4.69, 9.17) is 4.74 Å². The number of rotatable bonds is 7. The van der Waals surface area contributed by atoms with Crippen molar-refractivity contribution in [1.82, 2.24) is 4.31 Å². The molecule has 0 spiro atoms. The number of esters is 1. The van der Waals surface area contributed by atoms with E-state index >= 15 is 0 Å². The van der Waals surface area contributed by atoms with E-state index < -0.39 is 34.3 Å². The minimum Gasteiger partial charge on any atom is -0.455 e. The molecular weight excluding hydrogens is 435 g/mol. The fraction of sp³-hybridized carbons (Fsp3) is 0.391. The summed E-state index contributed by atoms with van der Waals surface area (Å²) in [5.41, 5.74) is 1.47. The van der Waals surface area contributed by atoms with Gasteiger partial charge in [-0.05, 0) is 55.2 Å². The van der Waals surface area contributed by atoms with Crippen molar-refractivity contribution in [1.29, 1.82) is 0 Å².